The monoisotopic (exact) mass is 388 g/mol. The zero-order valence-electron chi connectivity index (χ0n) is 16.9. The van der Waals surface area contributed by atoms with Crippen molar-refractivity contribution in [3.05, 3.63) is 64.1 Å². The van der Waals surface area contributed by atoms with Crippen LogP contribution in [0.2, 0.25) is 0 Å². The summed E-state index contributed by atoms with van der Waals surface area (Å²) in [6.45, 7) is 5.76. The van der Waals surface area contributed by atoms with Crippen molar-refractivity contribution >= 4 is 16.7 Å². The van der Waals surface area contributed by atoms with Crippen LogP contribution in [0.5, 0.6) is 5.75 Å². The van der Waals surface area contributed by atoms with E-state index in [0.717, 1.165) is 36.5 Å². The first-order valence-corrected chi connectivity index (χ1v) is 9.85. The highest BCUT2D eigenvalue weighted by Crippen LogP contribution is 2.30. The Morgan fingerprint density at radius 1 is 1.21 bits per heavy atom. The molecule has 1 saturated heterocycles. The van der Waals surface area contributed by atoms with E-state index in [1.54, 1.807) is 29.8 Å². The molecule has 2 atom stereocenters. The second-order valence-electron chi connectivity index (χ2n) is 7.78. The van der Waals surface area contributed by atoms with Gasteiger partial charge in [0.1, 0.15) is 29.1 Å². The Kier molecular flexibility index (Phi) is 4.98. The fourth-order valence-corrected chi connectivity index (χ4v) is 3.92. The summed E-state index contributed by atoms with van der Waals surface area (Å²) >= 11 is 0. The van der Waals surface area contributed by atoms with E-state index in [1.165, 1.54) is 5.56 Å². The molecule has 3 heterocycles. The van der Waals surface area contributed by atoms with Gasteiger partial charge in [0.15, 0.2) is 0 Å². The van der Waals surface area contributed by atoms with Crippen molar-refractivity contribution < 1.29 is 4.74 Å². The highest BCUT2D eigenvalue weighted by molar-refractivity contribution is 5.88. The maximum absolute atomic E-state index is 12.5. The number of hydrogen-bond acceptors (Lipinski definition) is 5. The van der Waals surface area contributed by atoms with Gasteiger partial charge in [-0.15, -0.1) is 0 Å². The summed E-state index contributed by atoms with van der Waals surface area (Å²) in [6, 6.07) is 15.3. The molecule has 0 saturated carbocycles. The lowest BCUT2D eigenvalue weighted by atomic mass is 9.95. The summed E-state index contributed by atoms with van der Waals surface area (Å²) < 4.78 is 7.80. The van der Waals surface area contributed by atoms with Gasteiger partial charge in [-0.3, -0.25) is 4.79 Å². The number of aryl methyl sites for hydroxylation is 2. The fourth-order valence-electron chi connectivity index (χ4n) is 3.92. The minimum absolute atomic E-state index is 0.0790. The molecule has 6 heteroatoms. The quantitative estimate of drug-likeness (QED) is 0.688. The third-order valence-corrected chi connectivity index (χ3v) is 5.66. The number of rotatable bonds is 3. The number of piperidine rings is 1. The average Bonchev–Trinajstić information content (AvgIpc) is 2.73. The van der Waals surface area contributed by atoms with Gasteiger partial charge in [-0.1, -0.05) is 24.6 Å². The van der Waals surface area contributed by atoms with Crippen LogP contribution in [-0.2, 0) is 7.05 Å². The van der Waals surface area contributed by atoms with Gasteiger partial charge in [0.25, 0.3) is 5.56 Å². The van der Waals surface area contributed by atoms with E-state index < -0.39 is 0 Å². The molecule has 1 aliphatic rings. The molecule has 4 rings (SSSR count). The molecule has 6 nitrogen and oxygen atoms in total. The van der Waals surface area contributed by atoms with Gasteiger partial charge >= 0.3 is 0 Å². The first kappa shape index (κ1) is 19.0. The van der Waals surface area contributed by atoms with Crippen molar-refractivity contribution in [1.29, 1.82) is 5.26 Å². The Labute approximate surface area is 170 Å². The average molecular weight is 388 g/mol. The predicted octanol–water partition coefficient (Wildman–Crippen LogP) is 3.41. The summed E-state index contributed by atoms with van der Waals surface area (Å²) in [7, 11) is 1.73. The first-order chi connectivity index (χ1) is 14.0. The van der Waals surface area contributed by atoms with Crippen LogP contribution in [0.25, 0.3) is 11.0 Å². The van der Waals surface area contributed by atoms with Crippen LogP contribution in [0.4, 0.5) is 5.69 Å². The van der Waals surface area contributed by atoms with Gasteiger partial charge in [-0.2, -0.15) is 5.26 Å². The summed E-state index contributed by atoms with van der Waals surface area (Å²) in [4.78, 5) is 19.2. The van der Waals surface area contributed by atoms with Crippen LogP contribution in [-0.4, -0.2) is 28.7 Å². The Balaban J connectivity index is 1.61. The van der Waals surface area contributed by atoms with E-state index in [9.17, 15) is 10.1 Å². The van der Waals surface area contributed by atoms with Crippen molar-refractivity contribution in [2.45, 2.75) is 26.4 Å². The third-order valence-electron chi connectivity index (χ3n) is 5.66. The van der Waals surface area contributed by atoms with E-state index in [0.29, 0.717) is 11.2 Å². The minimum Gasteiger partial charge on any atom is -0.490 e. The number of hydrogen-bond donors (Lipinski definition) is 0. The van der Waals surface area contributed by atoms with E-state index in [4.69, 9.17) is 4.74 Å². The van der Waals surface area contributed by atoms with Gasteiger partial charge in [0.2, 0.25) is 0 Å². The fraction of sp³-hybridized carbons (Fsp3) is 0.348. The number of anilines is 1. The molecule has 0 amide bonds. The van der Waals surface area contributed by atoms with Crippen molar-refractivity contribution in [2.24, 2.45) is 13.0 Å². The normalized spacial score (nSPS) is 19.2. The Morgan fingerprint density at radius 3 is 2.66 bits per heavy atom. The zero-order valence-corrected chi connectivity index (χ0v) is 16.9. The molecule has 0 N–H and O–H groups in total. The molecule has 1 aliphatic heterocycles. The standard InChI is InChI=1S/C23H24N4O2/c1-15-4-7-18(8-5-15)29-21-10-11-27(14-16(21)2)20-12-22(28)26(3)19-9-6-17(13-24)25-23(19)20/h4-9,12,16,21H,10-11,14H2,1-3H3. The van der Waals surface area contributed by atoms with Crippen LogP contribution >= 0.6 is 0 Å². The molecular weight excluding hydrogens is 364 g/mol. The lowest BCUT2D eigenvalue weighted by Gasteiger charge is -2.38. The highest BCUT2D eigenvalue weighted by Gasteiger charge is 2.29. The number of nitrogens with zero attached hydrogens (tertiary/aromatic N) is 4. The molecule has 2 aromatic heterocycles. The number of fused-ring (bicyclic) bond motifs is 1. The van der Waals surface area contributed by atoms with Gasteiger partial charge in [-0.25, -0.2) is 4.98 Å². The molecular formula is C23H24N4O2. The van der Waals surface area contributed by atoms with Crippen molar-refractivity contribution in [2.75, 3.05) is 18.0 Å². The van der Waals surface area contributed by atoms with Crippen LogP contribution in [0.1, 0.15) is 24.6 Å². The molecule has 0 radical (unpaired) electrons. The third kappa shape index (κ3) is 3.68. The molecule has 2 unspecified atom stereocenters. The van der Waals surface area contributed by atoms with Gasteiger partial charge in [0, 0.05) is 38.5 Å². The van der Waals surface area contributed by atoms with Crippen LogP contribution in [0, 0.1) is 24.2 Å². The molecule has 0 aliphatic carbocycles. The summed E-state index contributed by atoms with van der Waals surface area (Å²) in [5.41, 5.74) is 3.70. The smallest absolute Gasteiger partial charge is 0.252 e. The Morgan fingerprint density at radius 2 is 1.97 bits per heavy atom. The molecule has 0 bridgehead atoms. The molecule has 148 valence electrons. The van der Waals surface area contributed by atoms with Gasteiger partial charge in [-0.05, 0) is 31.2 Å². The largest absolute Gasteiger partial charge is 0.490 e. The van der Waals surface area contributed by atoms with Gasteiger partial charge < -0.3 is 14.2 Å². The van der Waals surface area contributed by atoms with Crippen LogP contribution < -0.4 is 15.2 Å². The summed E-state index contributed by atoms with van der Waals surface area (Å²) in [6.07, 6.45) is 0.971. The second-order valence-corrected chi connectivity index (χ2v) is 7.78. The van der Waals surface area contributed by atoms with E-state index in [-0.39, 0.29) is 17.6 Å². The minimum atomic E-state index is -0.0790. The lowest BCUT2D eigenvalue weighted by molar-refractivity contribution is 0.121. The Hall–Kier alpha value is -3.33. The topological polar surface area (TPSA) is 71.2 Å². The number of nitriles is 1. The number of benzene rings is 1. The lowest BCUT2D eigenvalue weighted by Crippen LogP contribution is -2.45. The van der Waals surface area contributed by atoms with E-state index >= 15 is 0 Å². The number of aromatic nitrogens is 2. The van der Waals surface area contributed by atoms with E-state index in [2.05, 4.69) is 41.9 Å². The summed E-state index contributed by atoms with van der Waals surface area (Å²) in [5.74, 6) is 1.17. The van der Waals surface area contributed by atoms with E-state index in [1.807, 2.05) is 12.1 Å². The summed E-state index contributed by atoms with van der Waals surface area (Å²) in [5, 5.41) is 9.25. The van der Waals surface area contributed by atoms with Crippen LogP contribution in [0.15, 0.2) is 47.3 Å². The van der Waals surface area contributed by atoms with Crippen molar-refractivity contribution in [3.8, 4) is 11.8 Å². The molecule has 29 heavy (non-hydrogen) atoms. The van der Waals surface area contributed by atoms with Crippen molar-refractivity contribution in [3.63, 3.8) is 0 Å². The number of ether oxygens (including phenoxy) is 1. The Bertz CT molecular complexity index is 1140. The number of pyridine rings is 2. The van der Waals surface area contributed by atoms with Crippen LogP contribution in [0.3, 0.4) is 0 Å². The SMILES string of the molecule is Cc1ccc(OC2CCN(c3cc(=O)n(C)c4ccc(C#N)nc34)CC2C)cc1. The molecule has 3 aromatic rings. The first-order valence-electron chi connectivity index (χ1n) is 9.85. The zero-order chi connectivity index (χ0) is 20.5. The molecule has 1 aromatic carbocycles. The van der Waals surface area contributed by atoms with Crippen molar-refractivity contribution in [1.82, 2.24) is 9.55 Å². The predicted molar refractivity (Wildman–Crippen MR) is 113 cm³/mol. The van der Waals surface area contributed by atoms with Gasteiger partial charge in [0.05, 0.1) is 11.2 Å². The molecule has 1 fully saturated rings. The molecule has 0 spiro atoms. The maximum atomic E-state index is 12.5. The highest BCUT2D eigenvalue weighted by atomic mass is 16.5. The maximum Gasteiger partial charge on any atom is 0.252 e. The second kappa shape index (κ2) is 7.59.